The molecule has 2 aliphatic carbocycles. The molecule has 0 saturated carbocycles. The van der Waals surface area contributed by atoms with E-state index in [-0.39, 0.29) is 5.41 Å². The van der Waals surface area contributed by atoms with Gasteiger partial charge < -0.3 is 4.74 Å². The highest BCUT2D eigenvalue weighted by molar-refractivity contribution is 6.00. The van der Waals surface area contributed by atoms with Gasteiger partial charge in [0, 0.05) is 11.0 Å². The Labute approximate surface area is 271 Å². The maximum Gasteiger partial charge on any atom is 0.131 e. The molecule has 4 aromatic carbocycles. The van der Waals surface area contributed by atoms with Crippen molar-refractivity contribution in [3.05, 3.63) is 125 Å². The average Bonchev–Trinajstić information content (AvgIpc) is 3.25. The van der Waals surface area contributed by atoms with Gasteiger partial charge in [-0.1, -0.05) is 26.0 Å². The first-order chi connectivity index (χ1) is 21.1. The Balaban J connectivity index is 1.85. The number of ether oxygens (including phenoxy) is 1. The molecule has 0 radical (unpaired) electrons. The van der Waals surface area contributed by atoms with E-state index in [2.05, 4.69) is 127 Å². The van der Waals surface area contributed by atoms with Gasteiger partial charge in [-0.15, -0.1) is 0 Å². The minimum absolute atomic E-state index is 0.0265. The van der Waals surface area contributed by atoms with Crippen molar-refractivity contribution in [2.45, 2.75) is 108 Å². The maximum absolute atomic E-state index is 6.54. The first-order valence-electron chi connectivity index (χ1n) is 16.6. The minimum atomic E-state index is -0.534. The monoisotopic (exact) mass is 592 g/mol. The van der Waals surface area contributed by atoms with Crippen LogP contribution in [0.4, 0.5) is 0 Å². The Bertz CT molecular complexity index is 2000. The Morgan fingerprint density at radius 1 is 0.444 bits per heavy atom. The Morgan fingerprint density at radius 2 is 0.867 bits per heavy atom. The van der Waals surface area contributed by atoms with Crippen molar-refractivity contribution in [3.63, 3.8) is 0 Å². The van der Waals surface area contributed by atoms with E-state index >= 15 is 0 Å². The summed E-state index contributed by atoms with van der Waals surface area (Å²) in [5, 5.41) is 0. The molecule has 0 N–H and O–H groups in total. The van der Waals surface area contributed by atoms with Crippen molar-refractivity contribution in [1.82, 2.24) is 0 Å². The normalized spacial score (nSPS) is 16.1. The molecule has 1 nitrogen and oxygen atoms in total. The van der Waals surface area contributed by atoms with Crippen LogP contribution in [0.15, 0.2) is 30.5 Å². The third-order valence-electron chi connectivity index (χ3n) is 12.8. The summed E-state index contributed by atoms with van der Waals surface area (Å²) >= 11 is 0. The first-order valence-corrected chi connectivity index (χ1v) is 16.6. The smallest absolute Gasteiger partial charge is 0.131 e. The molecule has 45 heavy (non-hydrogen) atoms. The molecule has 3 aliphatic rings. The molecule has 0 bridgehead atoms. The highest BCUT2D eigenvalue weighted by Gasteiger charge is 2.49. The predicted octanol–water partition coefficient (Wildman–Crippen LogP) is 11.6. The fourth-order valence-corrected chi connectivity index (χ4v) is 9.12. The summed E-state index contributed by atoms with van der Waals surface area (Å²) in [6.07, 6.45) is 9.07. The zero-order valence-corrected chi connectivity index (χ0v) is 29.9. The highest BCUT2D eigenvalue weighted by atomic mass is 16.5. The Morgan fingerprint density at radius 3 is 1.33 bits per heavy atom. The van der Waals surface area contributed by atoms with Gasteiger partial charge in [0.2, 0.25) is 0 Å². The molecule has 0 amide bonds. The largest absolute Gasteiger partial charge is 0.465 e. The van der Waals surface area contributed by atoms with Crippen LogP contribution in [0.3, 0.4) is 0 Å². The molecule has 0 unspecified atom stereocenters. The molecule has 0 atom stereocenters. The van der Waals surface area contributed by atoms with Crippen LogP contribution in [-0.2, 0) is 10.8 Å². The number of fused-ring (bicyclic) bond motifs is 10. The molecule has 4 aromatic rings. The summed E-state index contributed by atoms with van der Waals surface area (Å²) in [6.45, 7) is 32.8. The molecule has 0 fully saturated rings. The van der Waals surface area contributed by atoms with Crippen LogP contribution < -0.4 is 4.74 Å². The Kier molecular flexibility index (Phi) is 6.20. The van der Waals surface area contributed by atoms with Crippen molar-refractivity contribution in [2.75, 3.05) is 0 Å². The lowest BCUT2D eigenvalue weighted by Crippen LogP contribution is -2.34. The molecule has 0 aromatic heterocycles. The van der Waals surface area contributed by atoms with E-state index in [4.69, 9.17) is 4.74 Å². The molecule has 1 spiro atoms. The van der Waals surface area contributed by atoms with Crippen molar-refractivity contribution in [3.8, 4) is 28.0 Å². The van der Waals surface area contributed by atoms with Gasteiger partial charge in [0.1, 0.15) is 5.75 Å². The summed E-state index contributed by atoms with van der Waals surface area (Å²) in [5.41, 5.74) is 28.5. The highest BCUT2D eigenvalue weighted by Crippen LogP contribution is 2.62. The standard InChI is InChI=1S/C44H48O/c1-21-22(2)28(8)38-37(27(21)7)39-29(9)23(3)25(5)31(11)41(39)44(42-32(12)26(6)24(4)30(10)40(38)42)17-18-45-36-20-34-33(19-35(36)44)15-16-43(34,13)14/h15-20H,1-14H3. The quantitative estimate of drug-likeness (QED) is 0.197. The fourth-order valence-electron chi connectivity index (χ4n) is 9.12. The van der Waals surface area contributed by atoms with Crippen LogP contribution >= 0.6 is 0 Å². The fraction of sp³-hybridized carbons (Fsp3) is 0.364. The van der Waals surface area contributed by atoms with Gasteiger partial charge in [0.15, 0.2) is 0 Å². The topological polar surface area (TPSA) is 9.23 Å². The molecule has 1 aliphatic heterocycles. The lowest BCUT2D eigenvalue weighted by atomic mass is 9.62. The van der Waals surface area contributed by atoms with Gasteiger partial charge in [-0.2, -0.15) is 0 Å². The first kappa shape index (κ1) is 29.8. The second-order valence-electron chi connectivity index (χ2n) is 15.0. The molecular weight excluding hydrogens is 544 g/mol. The van der Waals surface area contributed by atoms with E-state index in [1.807, 2.05) is 6.26 Å². The summed E-state index contributed by atoms with van der Waals surface area (Å²) in [5.74, 6) is 0.974. The molecule has 7 rings (SSSR count). The third kappa shape index (κ3) is 3.51. The SMILES string of the molecule is Cc1c(C)c(C)c2c(c1C)-c1c(C)c(C)c(C)c(C)c1C1(C=COc3cc4c(cc31)C=CC4(C)C)c1c(C)c(C)c(C)c(C)c1-2. The summed E-state index contributed by atoms with van der Waals surface area (Å²) in [6, 6.07) is 4.80. The van der Waals surface area contributed by atoms with Crippen LogP contribution in [-0.4, -0.2) is 0 Å². The summed E-state index contributed by atoms with van der Waals surface area (Å²) < 4.78 is 6.54. The molecule has 0 saturated heterocycles. The predicted molar refractivity (Wildman–Crippen MR) is 192 cm³/mol. The summed E-state index contributed by atoms with van der Waals surface area (Å²) in [4.78, 5) is 0. The van der Waals surface area contributed by atoms with Crippen LogP contribution in [0.25, 0.3) is 28.3 Å². The van der Waals surface area contributed by atoms with Gasteiger partial charge in [-0.25, -0.2) is 0 Å². The lowest BCUT2D eigenvalue weighted by molar-refractivity contribution is 0.442. The van der Waals surface area contributed by atoms with Crippen LogP contribution in [0.1, 0.15) is 108 Å². The number of rotatable bonds is 0. The molecule has 1 heterocycles. The van der Waals surface area contributed by atoms with Crippen LogP contribution in [0.2, 0.25) is 0 Å². The zero-order chi connectivity index (χ0) is 32.7. The van der Waals surface area contributed by atoms with Crippen molar-refractivity contribution >= 4 is 6.08 Å². The van der Waals surface area contributed by atoms with E-state index in [0.717, 1.165) is 5.75 Å². The van der Waals surface area contributed by atoms with Gasteiger partial charge in [-0.05, 0) is 213 Å². The average molecular weight is 593 g/mol. The van der Waals surface area contributed by atoms with Crippen LogP contribution in [0, 0.1) is 83.1 Å². The van der Waals surface area contributed by atoms with E-state index < -0.39 is 5.41 Å². The summed E-state index contributed by atoms with van der Waals surface area (Å²) in [7, 11) is 0. The van der Waals surface area contributed by atoms with Gasteiger partial charge in [-0.3, -0.25) is 0 Å². The number of hydrogen-bond acceptors (Lipinski definition) is 1. The molecular formula is C44H48O. The van der Waals surface area contributed by atoms with Crippen molar-refractivity contribution in [2.24, 2.45) is 0 Å². The van der Waals surface area contributed by atoms with E-state index in [1.54, 1.807) is 0 Å². The zero-order valence-electron chi connectivity index (χ0n) is 29.9. The molecule has 1 heteroatoms. The van der Waals surface area contributed by atoms with E-state index in [1.165, 1.54) is 117 Å². The van der Waals surface area contributed by atoms with Gasteiger partial charge in [0.05, 0.1) is 11.7 Å². The van der Waals surface area contributed by atoms with Crippen molar-refractivity contribution in [1.29, 1.82) is 0 Å². The van der Waals surface area contributed by atoms with Crippen LogP contribution in [0.5, 0.6) is 5.75 Å². The lowest BCUT2D eigenvalue weighted by Gasteiger charge is -2.42. The minimum Gasteiger partial charge on any atom is -0.465 e. The van der Waals surface area contributed by atoms with Gasteiger partial charge in [0.25, 0.3) is 0 Å². The maximum atomic E-state index is 6.54. The van der Waals surface area contributed by atoms with E-state index in [9.17, 15) is 0 Å². The number of benzene rings is 4. The van der Waals surface area contributed by atoms with E-state index in [0.29, 0.717) is 0 Å². The second kappa shape index (κ2) is 9.35. The van der Waals surface area contributed by atoms with Gasteiger partial charge >= 0.3 is 0 Å². The molecule has 230 valence electrons. The van der Waals surface area contributed by atoms with Crippen molar-refractivity contribution < 1.29 is 4.74 Å². The third-order valence-corrected chi connectivity index (χ3v) is 12.8. The second-order valence-corrected chi connectivity index (χ2v) is 15.0. The number of allylic oxidation sites excluding steroid dienone is 2. The Hall–Kier alpha value is -3.84. The number of hydrogen-bond donors (Lipinski definition) is 0.